The van der Waals surface area contributed by atoms with Crippen molar-refractivity contribution in [3.8, 4) is 5.75 Å². The van der Waals surface area contributed by atoms with Gasteiger partial charge < -0.3 is 4.74 Å². The van der Waals surface area contributed by atoms with Crippen molar-refractivity contribution < 1.29 is 13.9 Å². The lowest BCUT2D eigenvalue weighted by Gasteiger charge is -2.03. The first-order valence-corrected chi connectivity index (χ1v) is 4.22. The molecule has 0 bridgehead atoms. The minimum atomic E-state index is -0.393. The quantitative estimate of drug-likeness (QED) is 0.699. The summed E-state index contributed by atoms with van der Waals surface area (Å²) in [7, 11) is 0. The average Bonchev–Trinajstić information content (AvgIpc) is 2.14. The zero-order valence-corrected chi connectivity index (χ0v) is 7.55. The van der Waals surface area contributed by atoms with Crippen molar-refractivity contribution in [2.24, 2.45) is 0 Å². The summed E-state index contributed by atoms with van der Waals surface area (Å²) >= 11 is 5.25. The van der Waals surface area contributed by atoms with Crippen molar-refractivity contribution in [1.29, 1.82) is 0 Å². The molecular weight excluding hydrogens is 195 g/mol. The molecule has 0 radical (unpaired) electrons. The predicted octanol–water partition coefficient (Wildman–Crippen LogP) is 2.01. The maximum Gasteiger partial charge on any atom is 0.184 e. The lowest BCUT2D eigenvalue weighted by molar-refractivity contribution is -0.118. The minimum Gasteiger partial charge on any atom is -0.486 e. The number of hydrogen-bond donors (Lipinski definition) is 0. The average molecular weight is 203 g/mol. The number of alkyl halides is 1. The molecular formula is C9H8ClFO2. The van der Waals surface area contributed by atoms with E-state index in [1.54, 1.807) is 6.07 Å². The Morgan fingerprint density at radius 3 is 2.92 bits per heavy atom. The summed E-state index contributed by atoms with van der Waals surface area (Å²) < 4.78 is 17.5. The van der Waals surface area contributed by atoms with E-state index in [9.17, 15) is 9.18 Å². The van der Waals surface area contributed by atoms with Gasteiger partial charge in [-0.1, -0.05) is 6.07 Å². The zero-order chi connectivity index (χ0) is 9.68. The van der Waals surface area contributed by atoms with E-state index < -0.39 is 5.82 Å². The number of rotatable bonds is 4. The van der Waals surface area contributed by atoms with Gasteiger partial charge >= 0.3 is 0 Å². The van der Waals surface area contributed by atoms with Gasteiger partial charge in [0.15, 0.2) is 5.78 Å². The number of halogens is 2. The van der Waals surface area contributed by atoms with Crippen molar-refractivity contribution in [3.05, 3.63) is 30.1 Å². The Morgan fingerprint density at radius 1 is 1.54 bits per heavy atom. The smallest absolute Gasteiger partial charge is 0.184 e. The van der Waals surface area contributed by atoms with Crippen LogP contribution in [0, 0.1) is 5.82 Å². The number of benzene rings is 1. The molecule has 2 nitrogen and oxygen atoms in total. The number of hydrogen-bond acceptors (Lipinski definition) is 2. The Hall–Kier alpha value is -1.09. The molecule has 0 unspecified atom stereocenters. The molecule has 0 atom stereocenters. The molecule has 1 aromatic rings. The van der Waals surface area contributed by atoms with E-state index in [4.69, 9.17) is 16.3 Å². The van der Waals surface area contributed by atoms with E-state index in [0.717, 1.165) is 0 Å². The van der Waals surface area contributed by atoms with E-state index in [1.165, 1.54) is 18.2 Å². The third-order valence-corrected chi connectivity index (χ3v) is 1.64. The lowest BCUT2D eigenvalue weighted by Crippen LogP contribution is -2.12. The highest BCUT2D eigenvalue weighted by molar-refractivity contribution is 6.27. The molecule has 0 amide bonds. The van der Waals surface area contributed by atoms with E-state index >= 15 is 0 Å². The summed E-state index contributed by atoms with van der Waals surface area (Å²) in [5.41, 5.74) is 0. The van der Waals surface area contributed by atoms with Crippen molar-refractivity contribution in [2.45, 2.75) is 0 Å². The van der Waals surface area contributed by atoms with Gasteiger partial charge in [-0.2, -0.15) is 0 Å². The number of Topliss-reactive ketones (excluding diaryl/α,β-unsaturated/α-hetero) is 1. The molecule has 0 aliphatic rings. The van der Waals surface area contributed by atoms with Crippen LogP contribution >= 0.6 is 11.6 Å². The summed E-state index contributed by atoms with van der Waals surface area (Å²) in [4.78, 5) is 10.7. The summed E-state index contributed by atoms with van der Waals surface area (Å²) in [6.07, 6.45) is 0. The van der Waals surface area contributed by atoms with Crippen molar-refractivity contribution in [1.82, 2.24) is 0 Å². The van der Waals surface area contributed by atoms with Crippen LogP contribution < -0.4 is 4.74 Å². The molecule has 13 heavy (non-hydrogen) atoms. The van der Waals surface area contributed by atoms with Gasteiger partial charge in [0.2, 0.25) is 0 Å². The van der Waals surface area contributed by atoms with Crippen LogP contribution in [-0.4, -0.2) is 18.3 Å². The molecule has 0 aromatic heterocycles. The van der Waals surface area contributed by atoms with Crippen LogP contribution in [0.5, 0.6) is 5.75 Å². The minimum absolute atomic E-state index is 0.0880. The molecule has 1 aromatic carbocycles. The van der Waals surface area contributed by atoms with Crippen molar-refractivity contribution >= 4 is 17.4 Å². The molecule has 0 heterocycles. The highest BCUT2D eigenvalue weighted by atomic mass is 35.5. The van der Waals surface area contributed by atoms with Gasteiger partial charge in [-0.05, 0) is 12.1 Å². The van der Waals surface area contributed by atoms with Gasteiger partial charge in [0.25, 0.3) is 0 Å². The van der Waals surface area contributed by atoms with Crippen molar-refractivity contribution in [3.63, 3.8) is 0 Å². The first-order valence-electron chi connectivity index (χ1n) is 3.68. The van der Waals surface area contributed by atoms with Gasteiger partial charge in [-0.15, -0.1) is 11.6 Å². The fraction of sp³-hybridized carbons (Fsp3) is 0.222. The number of carbonyl (C=O) groups excluding carboxylic acids is 1. The molecule has 0 saturated heterocycles. The standard InChI is InChI=1S/C9H8ClFO2/c10-5-8(12)6-13-9-3-1-2-7(11)4-9/h1-4H,5-6H2. The first kappa shape index (κ1) is 9.99. The molecule has 0 saturated carbocycles. The van der Waals surface area contributed by atoms with Crippen LogP contribution in [0.25, 0.3) is 0 Å². The summed E-state index contributed by atoms with van der Waals surface area (Å²) in [5, 5.41) is 0. The number of ketones is 1. The van der Waals surface area contributed by atoms with Crippen LogP contribution in [-0.2, 0) is 4.79 Å². The highest BCUT2D eigenvalue weighted by Gasteiger charge is 2.01. The molecule has 0 fully saturated rings. The molecule has 1 rings (SSSR count). The van der Waals surface area contributed by atoms with Gasteiger partial charge in [0.1, 0.15) is 18.2 Å². The monoisotopic (exact) mass is 202 g/mol. The maximum atomic E-state index is 12.6. The van der Waals surface area contributed by atoms with Crippen LogP contribution in [0.15, 0.2) is 24.3 Å². The van der Waals surface area contributed by atoms with E-state index in [1.807, 2.05) is 0 Å². The normalized spacial score (nSPS) is 9.69. The van der Waals surface area contributed by atoms with Gasteiger partial charge in [0, 0.05) is 6.07 Å². The topological polar surface area (TPSA) is 26.3 Å². The summed E-state index contributed by atoms with van der Waals surface area (Å²) in [6.45, 7) is -0.118. The Kier molecular flexibility index (Phi) is 3.71. The SMILES string of the molecule is O=C(CCl)COc1cccc(F)c1. The number of ether oxygens (including phenoxy) is 1. The third-order valence-electron chi connectivity index (χ3n) is 1.34. The first-order chi connectivity index (χ1) is 6.22. The van der Waals surface area contributed by atoms with Crippen LogP contribution in [0.1, 0.15) is 0 Å². The molecule has 0 aliphatic heterocycles. The highest BCUT2D eigenvalue weighted by Crippen LogP contribution is 2.11. The second kappa shape index (κ2) is 4.82. The van der Waals surface area contributed by atoms with Crippen LogP contribution in [0.3, 0.4) is 0 Å². The van der Waals surface area contributed by atoms with Crippen LogP contribution in [0.2, 0.25) is 0 Å². The van der Waals surface area contributed by atoms with Gasteiger partial charge in [-0.25, -0.2) is 4.39 Å². The number of carbonyl (C=O) groups is 1. The fourth-order valence-electron chi connectivity index (χ4n) is 0.759. The van der Waals surface area contributed by atoms with E-state index in [2.05, 4.69) is 0 Å². The predicted molar refractivity (Wildman–Crippen MR) is 47.6 cm³/mol. The second-order valence-electron chi connectivity index (χ2n) is 2.42. The van der Waals surface area contributed by atoms with Crippen LogP contribution in [0.4, 0.5) is 4.39 Å². The molecule has 4 heteroatoms. The van der Waals surface area contributed by atoms with Crippen molar-refractivity contribution in [2.75, 3.05) is 12.5 Å². The Morgan fingerprint density at radius 2 is 2.31 bits per heavy atom. The summed E-state index contributed by atoms with van der Waals surface area (Å²) in [6, 6.07) is 5.60. The third kappa shape index (κ3) is 3.42. The van der Waals surface area contributed by atoms with E-state index in [-0.39, 0.29) is 18.3 Å². The Balaban J connectivity index is 2.50. The Labute approximate surface area is 80.3 Å². The zero-order valence-electron chi connectivity index (χ0n) is 6.80. The summed E-state index contributed by atoms with van der Waals surface area (Å²) in [5.74, 6) is -0.379. The second-order valence-corrected chi connectivity index (χ2v) is 2.69. The lowest BCUT2D eigenvalue weighted by atomic mass is 10.3. The largest absolute Gasteiger partial charge is 0.486 e. The maximum absolute atomic E-state index is 12.6. The molecule has 0 spiro atoms. The molecule has 0 N–H and O–H groups in total. The van der Waals surface area contributed by atoms with E-state index in [0.29, 0.717) is 5.75 Å². The molecule has 0 aliphatic carbocycles. The fourth-order valence-corrected chi connectivity index (χ4v) is 0.836. The van der Waals surface area contributed by atoms with Gasteiger partial charge in [0.05, 0.1) is 5.88 Å². The molecule has 70 valence electrons. The Bertz CT molecular complexity index is 301. The van der Waals surface area contributed by atoms with Gasteiger partial charge in [-0.3, -0.25) is 4.79 Å².